The van der Waals surface area contributed by atoms with Crippen LogP contribution >= 0.6 is 0 Å². The maximum atomic E-state index is 5.85. The molecule has 0 saturated heterocycles. The van der Waals surface area contributed by atoms with Gasteiger partial charge >= 0.3 is 0 Å². The first-order valence-corrected chi connectivity index (χ1v) is 8.61. The molecule has 1 heterocycles. The number of ether oxygens (including phenoxy) is 1. The fourth-order valence-electron chi connectivity index (χ4n) is 3.21. The molecule has 0 amide bonds. The Morgan fingerprint density at radius 2 is 2.04 bits per heavy atom. The number of benzene rings is 2. The summed E-state index contributed by atoms with van der Waals surface area (Å²) < 4.78 is 5.37. The van der Waals surface area contributed by atoms with Crippen LogP contribution in [0.15, 0.2) is 73.1 Å². The number of anilines is 2. The van der Waals surface area contributed by atoms with E-state index in [2.05, 4.69) is 41.6 Å². The van der Waals surface area contributed by atoms with E-state index in [1.807, 2.05) is 37.3 Å². The number of hydrogen-bond donors (Lipinski definition) is 2. The smallest absolute Gasteiger partial charge is 0.119 e. The van der Waals surface area contributed by atoms with Crippen LogP contribution in [0.25, 0.3) is 5.70 Å². The van der Waals surface area contributed by atoms with Gasteiger partial charge in [0.2, 0.25) is 0 Å². The Balaban J connectivity index is 1.95. The summed E-state index contributed by atoms with van der Waals surface area (Å²) in [6, 6.07) is 13.8. The number of rotatable bonds is 5. The van der Waals surface area contributed by atoms with Crippen molar-refractivity contribution in [1.29, 1.82) is 0 Å². The molecule has 4 heteroatoms. The van der Waals surface area contributed by atoms with Gasteiger partial charge in [0, 0.05) is 34.9 Å². The Kier molecular flexibility index (Phi) is 5.03. The van der Waals surface area contributed by atoms with E-state index in [1.54, 1.807) is 7.11 Å². The number of allylic oxidation sites excluding steroid dienone is 2. The molecule has 0 spiro atoms. The standard InChI is InChI=1S/C22H25N3O/c1-15(2)25-11-10-17-13-20(26-4)8-9-21(17)22(25)12-16(3)24-19-7-5-6-18(23)14-19/h5-9,12-14,24H,1,3,10-11,23H2,2,4H3/b22-12-. The first-order chi connectivity index (χ1) is 12.5. The average Bonchev–Trinajstić information content (AvgIpc) is 2.61. The molecule has 4 nitrogen and oxygen atoms in total. The highest BCUT2D eigenvalue weighted by molar-refractivity contribution is 5.74. The third-order valence-electron chi connectivity index (χ3n) is 4.45. The molecule has 3 N–H and O–H groups in total. The number of nitrogens with one attached hydrogen (secondary N) is 1. The lowest BCUT2D eigenvalue weighted by molar-refractivity contribution is 0.412. The van der Waals surface area contributed by atoms with Gasteiger partial charge in [0.05, 0.1) is 12.8 Å². The van der Waals surface area contributed by atoms with Crippen molar-refractivity contribution in [2.75, 3.05) is 24.7 Å². The van der Waals surface area contributed by atoms with E-state index in [0.717, 1.165) is 41.5 Å². The van der Waals surface area contributed by atoms with Gasteiger partial charge in [-0.05, 0) is 61.4 Å². The first-order valence-electron chi connectivity index (χ1n) is 8.61. The highest BCUT2D eigenvalue weighted by atomic mass is 16.5. The van der Waals surface area contributed by atoms with Crippen molar-refractivity contribution in [3.63, 3.8) is 0 Å². The summed E-state index contributed by atoms with van der Waals surface area (Å²) in [5, 5.41) is 3.31. The molecule has 1 aliphatic heterocycles. The van der Waals surface area contributed by atoms with Gasteiger partial charge in [0.1, 0.15) is 5.75 Å². The predicted molar refractivity (Wildman–Crippen MR) is 110 cm³/mol. The summed E-state index contributed by atoms with van der Waals surface area (Å²) in [5.41, 5.74) is 12.8. The molecule has 2 aromatic rings. The van der Waals surface area contributed by atoms with Crippen LogP contribution in [0, 0.1) is 0 Å². The number of nitrogens with zero attached hydrogens (tertiary/aromatic N) is 1. The molecule has 1 aliphatic rings. The zero-order valence-corrected chi connectivity index (χ0v) is 15.4. The molecule has 0 aromatic heterocycles. The number of hydrogen-bond acceptors (Lipinski definition) is 4. The fraction of sp³-hybridized carbons (Fsp3) is 0.182. The number of fused-ring (bicyclic) bond motifs is 1. The lowest BCUT2D eigenvalue weighted by atomic mass is 9.95. The largest absolute Gasteiger partial charge is 0.497 e. The fourth-order valence-corrected chi connectivity index (χ4v) is 3.21. The summed E-state index contributed by atoms with van der Waals surface area (Å²) in [4.78, 5) is 2.22. The number of methoxy groups -OCH3 is 1. The highest BCUT2D eigenvalue weighted by Gasteiger charge is 2.22. The second kappa shape index (κ2) is 7.40. The van der Waals surface area contributed by atoms with E-state index in [1.165, 1.54) is 11.1 Å². The van der Waals surface area contributed by atoms with Crippen molar-refractivity contribution in [2.45, 2.75) is 13.3 Å². The van der Waals surface area contributed by atoms with Crippen LogP contribution in [0.2, 0.25) is 0 Å². The molecular weight excluding hydrogens is 322 g/mol. The van der Waals surface area contributed by atoms with Crippen LogP contribution in [0.3, 0.4) is 0 Å². The van der Waals surface area contributed by atoms with Gasteiger partial charge in [-0.1, -0.05) is 19.2 Å². The summed E-state index contributed by atoms with van der Waals surface area (Å²) in [7, 11) is 1.69. The van der Waals surface area contributed by atoms with E-state index in [-0.39, 0.29) is 0 Å². The van der Waals surface area contributed by atoms with Gasteiger partial charge in [-0.25, -0.2) is 0 Å². The molecule has 2 aromatic carbocycles. The van der Waals surface area contributed by atoms with Crippen molar-refractivity contribution in [2.24, 2.45) is 0 Å². The van der Waals surface area contributed by atoms with Crippen LogP contribution in [-0.2, 0) is 6.42 Å². The van der Waals surface area contributed by atoms with Crippen LogP contribution in [0.1, 0.15) is 18.1 Å². The monoisotopic (exact) mass is 347 g/mol. The Morgan fingerprint density at radius 3 is 2.73 bits per heavy atom. The van der Waals surface area contributed by atoms with E-state index < -0.39 is 0 Å². The summed E-state index contributed by atoms with van der Waals surface area (Å²) in [5.74, 6) is 0.878. The number of nitrogen functional groups attached to an aromatic ring is 1. The van der Waals surface area contributed by atoms with Crippen molar-refractivity contribution in [3.8, 4) is 5.75 Å². The quantitative estimate of drug-likeness (QED) is 0.774. The maximum Gasteiger partial charge on any atom is 0.119 e. The normalized spacial score (nSPS) is 14.7. The Bertz CT molecular complexity index is 883. The molecule has 134 valence electrons. The molecule has 26 heavy (non-hydrogen) atoms. The van der Waals surface area contributed by atoms with E-state index in [0.29, 0.717) is 5.69 Å². The second-order valence-corrected chi connectivity index (χ2v) is 6.47. The SMILES string of the molecule is C=C(/C=C1/c2ccc(OC)cc2CCN1C(=C)C)Nc1cccc(N)c1. The van der Waals surface area contributed by atoms with Gasteiger partial charge < -0.3 is 20.7 Å². The minimum absolute atomic E-state index is 0.717. The zero-order chi connectivity index (χ0) is 18.7. The van der Waals surface area contributed by atoms with Crippen LogP contribution < -0.4 is 15.8 Å². The van der Waals surface area contributed by atoms with Crippen LogP contribution in [0.4, 0.5) is 11.4 Å². The molecule has 0 radical (unpaired) electrons. The molecule has 3 rings (SSSR count). The Morgan fingerprint density at radius 1 is 1.23 bits per heavy atom. The molecule has 0 atom stereocenters. The van der Waals surface area contributed by atoms with Crippen molar-refractivity contribution in [1.82, 2.24) is 4.90 Å². The molecule has 0 aliphatic carbocycles. The Hall–Kier alpha value is -3.14. The average molecular weight is 347 g/mol. The van der Waals surface area contributed by atoms with E-state index in [4.69, 9.17) is 10.5 Å². The minimum atomic E-state index is 0.717. The minimum Gasteiger partial charge on any atom is -0.497 e. The summed E-state index contributed by atoms with van der Waals surface area (Å²) >= 11 is 0. The third kappa shape index (κ3) is 3.75. The maximum absolute atomic E-state index is 5.85. The van der Waals surface area contributed by atoms with Gasteiger partial charge in [-0.15, -0.1) is 0 Å². The van der Waals surface area contributed by atoms with Gasteiger partial charge in [0.25, 0.3) is 0 Å². The van der Waals surface area contributed by atoms with E-state index >= 15 is 0 Å². The molecule has 0 unspecified atom stereocenters. The lowest BCUT2D eigenvalue weighted by Gasteiger charge is -2.34. The first kappa shape index (κ1) is 17.7. The highest BCUT2D eigenvalue weighted by Crippen LogP contribution is 2.34. The topological polar surface area (TPSA) is 50.5 Å². The molecule has 0 fully saturated rings. The third-order valence-corrected chi connectivity index (χ3v) is 4.45. The van der Waals surface area contributed by atoms with Crippen molar-refractivity contribution in [3.05, 3.63) is 84.2 Å². The summed E-state index contributed by atoms with van der Waals surface area (Å²) in [6.45, 7) is 11.2. The molecular formula is C22H25N3O. The zero-order valence-electron chi connectivity index (χ0n) is 15.4. The second-order valence-electron chi connectivity index (χ2n) is 6.47. The van der Waals surface area contributed by atoms with Crippen LogP contribution in [-0.4, -0.2) is 18.6 Å². The lowest BCUT2D eigenvalue weighted by Crippen LogP contribution is -2.28. The van der Waals surface area contributed by atoms with Gasteiger partial charge in [-0.2, -0.15) is 0 Å². The number of nitrogens with two attached hydrogens (primary N) is 1. The summed E-state index contributed by atoms with van der Waals surface area (Å²) in [6.07, 6.45) is 3.01. The van der Waals surface area contributed by atoms with Gasteiger partial charge in [0.15, 0.2) is 0 Å². The van der Waals surface area contributed by atoms with Gasteiger partial charge in [-0.3, -0.25) is 0 Å². The van der Waals surface area contributed by atoms with Crippen molar-refractivity contribution < 1.29 is 4.74 Å². The Labute approximate surface area is 155 Å². The predicted octanol–water partition coefficient (Wildman–Crippen LogP) is 4.64. The van der Waals surface area contributed by atoms with Crippen molar-refractivity contribution >= 4 is 17.1 Å². The molecule has 0 saturated carbocycles. The van der Waals surface area contributed by atoms with Crippen LogP contribution in [0.5, 0.6) is 5.75 Å². The van der Waals surface area contributed by atoms with E-state index in [9.17, 15) is 0 Å². The molecule has 0 bridgehead atoms.